The third kappa shape index (κ3) is 6.59. The van der Waals surface area contributed by atoms with Gasteiger partial charge in [-0.05, 0) is 76.7 Å². The maximum Gasteiger partial charge on any atom is 0.241 e. The average Bonchev–Trinajstić information content (AvgIpc) is 2.92. The molecular weight excluding hydrogens is 498 g/mol. The molecule has 1 heterocycles. The fourth-order valence-electron chi connectivity index (χ4n) is 5.20. The van der Waals surface area contributed by atoms with E-state index in [1.807, 2.05) is 30.3 Å². The average molecular weight is 540 g/mol. The van der Waals surface area contributed by atoms with Crippen molar-refractivity contribution in [1.29, 1.82) is 0 Å². The smallest absolute Gasteiger partial charge is 0.241 e. The van der Waals surface area contributed by atoms with Gasteiger partial charge < -0.3 is 16.0 Å². The van der Waals surface area contributed by atoms with Gasteiger partial charge in [0.25, 0.3) is 0 Å². The second-order valence-electron chi connectivity index (χ2n) is 10.4. The molecule has 38 heavy (non-hydrogen) atoms. The lowest BCUT2D eigenvalue weighted by Gasteiger charge is -2.32. The van der Waals surface area contributed by atoms with Gasteiger partial charge in [0.1, 0.15) is 0 Å². The second-order valence-corrected chi connectivity index (χ2v) is 12.2. The van der Waals surface area contributed by atoms with E-state index >= 15 is 0 Å². The molecule has 4 rings (SSSR count). The maximum absolute atomic E-state index is 13.1. The molecule has 4 N–H and O–H groups in total. The van der Waals surface area contributed by atoms with Gasteiger partial charge in [-0.25, -0.2) is 13.1 Å². The lowest BCUT2D eigenvalue weighted by atomic mass is 9.78. The Kier molecular flexibility index (Phi) is 9.17. The predicted molar refractivity (Wildman–Crippen MR) is 154 cm³/mol. The number of hydrogen-bond donors (Lipinski definition) is 3. The van der Waals surface area contributed by atoms with Crippen LogP contribution in [0.4, 0.5) is 11.9 Å². The molecule has 1 unspecified atom stereocenters. The monoisotopic (exact) mass is 539 g/mol. The van der Waals surface area contributed by atoms with Crippen LogP contribution in [-0.4, -0.2) is 49.0 Å². The first kappa shape index (κ1) is 28.2. The van der Waals surface area contributed by atoms with Crippen molar-refractivity contribution in [1.82, 2.24) is 19.7 Å². The van der Waals surface area contributed by atoms with Gasteiger partial charge >= 0.3 is 0 Å². The molecule has 10 heteroatoms. The van der Waals surface area contributed by atoms with E-state index in [4.69, 9.17) is 10.7 Å². The van der Waals surface area contributed by atoms with Crippen LogP contribution >= 0.6 is 0 Å². The molecule has 3 aromatic rings. The van der Waals surface area contributed by atoms with E-state index in [-0.39, 0.29) is 23.9 Å². The molecule has 1 saturated carbocycles. The Labute approximate surface area is 226 Å². The van der Waals surface area contributed by atoms with Crippen molar-refractivity contribution in [2.75, 3.05) is 29.9 Å². The van der Waals surface area contributed by atoms with Crippen LogP contribution in [0.15, 0.2) is 47.4 Å². The van der Waals surface area contributed by atoms with Gasteiger partial charge in [-0.3, -0.25) is 0 Å². The molecule has 0 spiro atoms. The Balaban J connectivity index is 1.40. The van der Waals surface area contributed by atoms with Crippen LogP contribution in [0.25, 0.3) is 10.8 Å². The number of nitrogens with two attached hydrogens (primary N) is 1. The normalized spacial score (nSPS) is 19.0. The lowest BCUT2D eigenvalue weighted by Crippen LogP contribution is -2.34. The molecule has 0 amide bonds. The minimum Gasteiger partial charge on any atom is -0.352 e. The molecule has 9 nitrogen and oxygen atoms in total. The van der Waals surface area contributed by atoms with Gasteiger partial charge in [-0.2, -0.15) is 15.0 Å². The zero-order valence-corrected chi connectivity index (χ0v) is 23.7. The third-order valence-corrected chi connectivity index (χ3v) is 8.89. The molecule has 1 atom stereocenters. The number of fused-ring (bicyclic) bond motifs is 1. The number of benzene rings is 2. The first-order valence-electron chi connectivity index (χ1n) is 13.7. The second kappa shape index (κ2) is 12.4. The summed E-state index contributed by atoms with van der Waals surface area (Å²) in [7, 11) is -3.61. The highest BCUT2D eigenvalue weighted by atomic mass is 32.2. The molecule has 0 radical (unpaired) electrons. The molecular formula is C28H41N7O2S. The van der Waals surface area contributed by atoms with Crippen molar-refractivity contribution in [2.24, 2.45) is 17.6 Å². The quantitative estimate of drug-likeness (QED) is 0.326. The summed E-state index contributed by atoms with van der Waals surface area (Å²) in [4.78, 5) is 16.5. The Morgan fingerprint density at radius 3 is 2.34 bits per heavy atom. The zero-order chi connectivity index (χ0) is 27.3. The van der Waals surface area contributed by atoms with Crippen molar-refractivity contribution in [3.05, 3.63) is 48.3 Å². The Hall–Kier alpha value is -2.82. The van der Waals surface area contributed by atoms with Gasteiger partial charge in [-0.1, -0.05) is 36.4 Å². The molecule has 1 fully saturated rings. The predicted octanol–water partition coefficient (Wildman–Crippen LogP) is 4.48. The number of hydrogen-bond acceptors (Lipinski definition) is 8. The van der Waals surface area contributed by atoms with Crippen molar-refractivity contribution < 1.29 is 8.42 Å². The van der Waals surface area contributed by atoms with Crippen LogP contribution in [0, 0.1) is 11.8 Å². The first-order chi connectivity index (χ1) is 18.2. The van der Waals surface area contributed by atoms with E-state index in [2.05, 4.69) is 52.6 Å². The highest BCUT2D eigenvalue weighted by molar-refractivity contribution is 7.89. The van der Waals surface area contributed by atoms with Crippen molar-refractivity contribution in [3.8, 4) is 0 Å². The molecule has 1 aliphatic rings. The summed E-state index contributed by atoms with van der Waals surface area (Å²) in [6.45, 7) is 10.3. The van der Waals surface area contributed by atoms with Crippen molar-refractivity contribution in [2.45, 2.75) is 70.4 Å². The van der Waals surface area contributed by atoms with Gasteiger partial charge in [0.05, 0.1) is 10.9 Å². The summed E-state index contributed by atoms with van der Waals surface area (Å²) < 4.78 is 29.1. The number of anilines is 2. The summed E-state index contributed by atoms with van der Waals surface area (Å²) >= 11 is 0. The summed E-state index contributed by atoms with van der Waals surface area (Å²) in [5.74, 6) is 2.32. The Morgan fingerprint density at radius 2 is 1.66 bits per heavy atom. The van der Waals surface area contributed by atoms with Crippen LogP contribution in [0.3, 0.4) is 0 Å². The molecule has 0 bridgehead atoms. The standard InChI is InChI=1S/C28H41N7O2S/c1-5-35(6-2)28-33-26(32-27(34-28)31-19(3)4)25(29)22-16-14-20(15-17-22)18-30-38(36,37)24-13-9-11-21-10-7-8-12-23(21)24/h7-13,19-20,22,25,30H,5-6,14-18,29H2,1-4H3,(H,31,32,33,34). The molecule has 1 aromatic heterocycles. The van der Waals surface area contributed by atoms with Crippen molar-refractivity contribution in [3.63, 3.8) is 0 Å². The van der Waals surface area contributed by atoms with E-state index in [0.717, 1.165) is 49.5 Å². The highest BCUT2D eigenvalue weighted by Crippen LogP contribution is 2.35. The molecule has 0 saturated heterocycles. The zero-order valence-electron chi connectivity index (χ0n) is 22.9. The minimum absolute atomic E-state index is 0.194. The van der Waals surface area contributed by atoms with Crippen LogP contribution < -0.4 is 20.7 Å². The third-order valence-electron chi connectivity index (χ3n) is 7.40. The van der Waals surface area contributed by atoms with Crippen LogP contribution in [0.5, 0.6) is 0 Å². The van der Waals surface area contributed by atoms with E-state index in [1.165, 1.54) is 0 Å². The number of nitrogens with one attached hydrogen (secondary N) is 2. The number of nitrogens with zero attached hydrogens (tertiary/aromatic N) is 4. The van der Waals surface area contributed by atoms with Gasteiger partial charge in [0, 0.05) is 31.1 Å². The van der Waals surface area contributed by atoms with Crippen LogP contribution in [0.2, 0.25) is 0 Å². The number of aromatic nitrogens is 3. The van der Waals surface area contributed by atoms with E-state index < -0.39 is 10.0 Å². The molecule has 1 aliphatic carbocycles. The first-order valence-corrected chi connectivity index (χ1v) is 15.2. The number of rotatable bonds is 11. The molecule has 0 aliphatic heterocycles. The summed E-state index contributed by atoms with van der Waals surface area (Å²) in [5.41, 5.74) is 6.73. The van der Waals surface area contributed by atoms with E-state index in [9.17, 15) is 8.42 Å². The van der Waals surface area contributed by atoms with E-state index in [0.29, 0.717) is 29.2 Å². The highest BCUT2D eigenvalue weighted by Gasteiger charge is 2.30. The topological polar surface area (TPSA) is 126 Å². The largest absolute Gasteiger partial charge is 0.352 e. The maximum atomic E-state index is 13.1. The van der Waals surface area contributed by atoms with Crippen LogP contribution in [-0.2, 0) is 10.0 Å². The molecule has 2 aromatic carbocycles. The number of sulfonamides is 1. The van der Waals surface area contributed by atoms with Gasteiger partial charge in [-0.15, -0.1) is 0 Å². The van der Waals surface area contributed by atoms with Crippen molar-refractivity contribution >= 4 is 32.7 Å². The summed E-state index contributed by atoms with van der Waals surface area (Å²) in [5, 5.41) is 4.96. The minimum atomic E-state index is -3.61. The fraction of sp³-hybridized carbons (Fsp3) is 0.536. The fourth-order valence-corrected chi connectivity index (χ4v) is 6.54. The van der Waals surface area contributed by atoms with Gasteiger partial charge in [0.2, 0.25) is 21.9 Å². The SMILES string of the molecule is CCN(CC)c1nc(NC(C)C)nc(C(N)C2CCC(CNS(=O)(=O)c3cccc4ccccc34)CC2)n1. The van der Waals surface area contributed by atoms with E-state index in [1.54, 1.807) is 12.1 Å². The Bertz CT molecular complexity index is 1310. The lowest BCUT2D eigenvalue weighted by molar-refractivity contribution is 0.240. The summed E-state index contributed by atoms with van der Waals surface area (Å²) in [6.07, 6.45) is 3.62. The molecule has 206 valence electrons. The van der Waals surface area contributed by atoms with Crippen LogP contribution in [0.1, 0.15) is 65.2 Å². The van der Waals surface area contributed by atoms with Gasteiger partial charge in [0.15, 0.2) is 5.82 Å². The Morgan fingerprint density at radius 1 is 0.974 bits per heavy atom. The summed E-state index contributed by atoms with van der Waals surface area (Å²) in [6, 6.07) is 12.8.